The van der Waals surface area contributed by atoms with Crippen LogP contribution in [0.25, 0.3) is 0 Å². The Hall–Kier alpha value is -1.55. The maximum atomic E-state index is 11.9. The molecule has 1 aromatic rings. The zero-order chi connectivity index (χ0) is 21.4. The molecular formula is C26H44N2O2. The highest BCUT2D eigenvalue weighted by Gasteiger charge is 2.33. The second-order valence-corrected chi connectivity index (χ2v) is 9.01. The van der Waals surface area contributed by atoms with Crippen LogP contribution in [-0.4, -0.2) is 29.6 Å². The molecule has 4 nitrogen and oxygen atoms in total. The summed E-state index contributed by atoms with van der Waals surface area (Å²) < 4.78 is 0. The number of carbonyl (C=O) groups excluding carboxylic acids is 1. The topological polar surface area (TPSA) is 71.3 Å². The third-order valence-electron chi connectivity index (χ3n) is 6.26. The molecule has 0 spiro atoms. The molecule has 1 aliphatic heterocycles. The average molecular weight is 417 g/mol. The number of rotatable bonds is 18. The van der Waals surface area contributed by atoms with Gasteiger partial charge in [-0.15, -0.1) is 0 Å². The van der Waals surface area contributed by atoms with Crippen LogP contribution in [0.1, 0.15) is 102 Å². The SMILES string of the molecule is CCCCCCCCC1NC1CCCCCCCC(=O)NCCc1ccc(O)cc1. The van der Waals surface area contributed by atoms with Crippen molar-refractivity contribution in [2.75, 3.05) is 6.54 Å². The van der Waals surface area contributed by atoms with Gasteiger partial charge in [-0.2, -0.15) is 0 Å². The Morgan fingerprint density at radius 1 is 0.867 bits per heavy atom. The van der Waals surface area contributed by atoms with E-state index in [9.17, 15) is 9.90 Å². The van der Waals surface area contributed by atoms with Crippen molar-refractivity contribution >= 4 is 5.91 Å². The molecule has 1 aliphatic rings. The minimum atomic E-state index is 0.161. The van der Waals surface area contributed by atoms with E-state index < -0.39 is 0 Å². The van der Waals surface area contributed by atoms with Gasteiger partial charge in [0.15, 0.2) is 0 Å². The fourth-order valence-electron chi connectivity index (χ4n) is 4.21. The average Bonchev–Trinajstić information content (AvgIpc) is 3.49. The quantitative estimate of drug-likeness (QED) is 0.207. The van der Waals surface area contributed by atoms with Crippen molar-refractivity contribution in [1.82, 2.24) is 10.6 Å². The Bertz CT molecular complexity index is 573. The van der Waals surface area contributed by atoms with E-state index in [-0.39, 0.29) is 11.7 Å². The second kappa shape index (κ2) is 15.3. The lowest BCUT2D eigenvalue weighted by atomic mass is 10.0. The maximum absolute atomic E-state index is 11.9. The highest BCUT2D eigenvalue weighted by atomic mass is 16.3. The monoisotopic (exact) mass is 416 g/mol. The molecule has 170 valence electrons. The van der Waals surface area contributed by atoms with Gasteiger partial charge in [-0.05, 0) is 43.4 Å². The summed E-state index contributed by atoms with van der Waals surface area (Å²) in [5.74, 6) is 0.442. The summed E-state index contributed by atoms with van der Waals surface area (Å²) in [4.78, 5) is 11.9. The number of phenols is 1. The van der Waals surface area contributed by atoms with E-state index in [1.54, 1.807) is 12.1 Å². The molecule has 4 heteroatoms. The van der Waals surface area contributed by atoms with Crippen LogP contribution in [0.4, 0.5) is 0 Å². The molecule has 1 fully saturated rings. The summed E-state index contributed by atoms with van der Waals surface area (Å²) >= 11 is 0. The van der Waals surface area contributed by atoms with Gasteiger partial charge < -0.3 is 15.7 Å². The van der Waals surface area contributed by atoms with Crippen LogP contribution >= 0.6 is 0 Å². The van der Waals surface area contributed by atoms with Crippen LogP contribution in [-0.2, 0) is 11.2 Å². The van der Waals surface area contributed by atoms with E-state index in [0.29, 0.717) is 13.0 Å². The van der Waals surface area contributed by atoms with Crippen LogP contribution in [0.3, 0.4) is 0 Å². The normalized spacial score (nSPS) is 17.8. The lowest BCUT2D eigenvalue weighted by molar-refractivity contribution is -0.121. The van der Waals surface area contributed by atoms with Crippen LogP contribution in [0.5, 0.6) is 5.75 Å². The summed E-state index contributed by atoms with van der Waals surface area (Å²) in [5.41, 5.74) is 1.13. The number of hydrogen-bond donors (Lipinski definition) is 3. The Labute approximate surface area is 184 Å². The summed E-state index contributed by atoms with van der Waals surface area (Å²) in [6.45, 7) is 2.94. The predicted octanol–water partition coefficient (Wildman–Crippen LogP) is 5.87. The molecule has 1 amide bonds. The molecule has 0 aromatic heterocycles. The summed E-state index contributed by atoms with van der Waals surface area (Å²) in [7, 11) is 0. The molecule has 2 atom stereocenters. The highest BCUT2D eigenvalue weighted by molar-refractivity contribution is 5.75. The lowest BCUT2D eigenvalue weighted by Gasteiger charge is -2.06. The van der Waals surface area contributed by atoms with E-state index in [4.69, 9.17) is 0 Å². The summed E-state index contributed by atoms with van der Waals surface area (Å²) in [6, 6.07) is 8.77. The summed E-state index contributed by atoms with van der Waals surface area (Å²) in [6.07, 6.45) is 18.5. The minimum absolute atomic E-state index is 0.161. The molecule has 1 heterocycles. The van der Waals surface area contributed by atoms with Gasteiger partial charge in [-0.25, -0.2) is 0 Å². The second-order valence-electron chi connectivity index (χ2n) is 9.01. The van der Waals surface area contributed by atoms with Crippen LogP contribution in [0, 0.1) is 0 Å². The number of phenolic OH excluding ortho intramolecular Hbond substituents is 1. The van der Waals surface area contributed by atoms with Crippen molar-refractivity contribution in [3.8, 4) is 5.75 Å². The lowest BCUT2D eigenvalue weighted by Crippen LogP contribution is -2.25. The van der Waals surface area contributed by atoms with Gasteiger partial charge >= 0.3 is 0 Å². The smallest absolute Gasteiger partial charge is 0.220 e. The van der Waals surface area contributed by atoms with Gasteiger partial charge in [0, 0.05) is 25.0 Å². The Balaban J connectivity index is 1.32. The van der Waals surface area contributed by atoms with Gasteiger partial charge in [0.2, 0.25) is 5.91 Å². The third-order valence-corrected chi connectivity index (χ3v) is 6.26. The maximum Gasteiger partial charge on any atom is 0.220 e. The fraction of sp³-hybridized carbons (Fsp3) is 0.731. The van der Waals surface area contributed by atoms with Gasteiger partial charge in [-0.1, -0.05) is 83.3 Å². The number of unbranched alkanes of at least 4 members (excludes halogenated alkanes) is 9. The van der Waals surface area contributed by atoms with Crippen LogP contribution in [0.15, 0.2) is 24.3 Å². The van der Waals surface area contributed by atoms with Crippen LogP contribution < -0.4 is 10.6 Å². The third kappa shape index (κ3) is 11.6. The van der Waals surface area contributed by atoms with Crippen molar-refractivity contribution in [1.29, 1.82) is 0 Å². The first-order valence-corrected chi connectivity index (χ1v) is 12.5. The van der Waals surface area contributed by atoms with Crippen molar-refractivity contribution in [3.63, 3.8) is 0 Å². The molecule has 2 rings (SSSR count). The molecule has 1 saturated heterocycles. The largest absolute Gasteiger partial charge is 0.508 e. The molecule has 30 heavy (non-hydrogen) atoms. The highest BCUT2D eigenvalue weighted by Crippen LogP contribution is 2.24. The molecule has 0 saturated carbocycles. The first-order chi connectivity index (χ1) is 14.7. The van der Waals surface area contributed by atoms with E-state index in [0.717, 1.165) is 36.9 Å². The van der Waals surface area contributed by atoms with Gasteiger partial charge in [0.25, 0.3) is 0 Å². The van der Waals surface area contributed by atoms with E-state index >= 15 is 0 Å². The number of amides is 1. The number of hydrogen-bond acceptors (Lipinski definition) is 3. The predicted molar refractivity (Wildman–Crippen MR) is 126 cm³/mol. The van der Waals surface area contributed by atoms with Gasteiger partial charge in [-0.3, -0.25) is 4.79 Å². The fourth-order valence-corrected chi connectivity index (χ4v) is 4.21. The van der Waals surface area contributed by atoms with Gasteiger partial charge in [0.05, 0.1) is 0 Å². The first kappa shape index (κ1) is 24.7. The van der Waals surface area contributed by atoms with Crippen molar-refractivity contribution in [2.45, 2.75) is 115 Å². The number of carbonyl (C=O) groups is 1. The Kier molecular flexibility index (Phi) is 12.6. The molecule has 3 N–H and O–H groups in total. The van der Waals surface area contributed by atoms with Crippen molar-refractivity contribution < 1.29 is 9.90 Å². The molecule has 0 radical (unpaired) electrons. The zero-order valence-corrected chi connectivity index (χ0v) is 19.1. The first-order valence-electron chi connectivity index (χ1n) is 12.5. The minimum Gasteiger partial charge on any atom is -0.508 e. The molecule has 2 unspecified atom stereocenters. The Morgan fingerprint density at radius 3 is 2.07 bits per heavy atom. The number of nitrogens with one attached hydrogen (secondary N) is 2. The standard InChI is InChI=1S/C26H44N2O2/c1-2-3-4-5-7-10-13-24-25(28-24)14-11-8-6-9-12-15-26(30)27-21-20-22-16-18-23(29)19-17-22/h16-19,24-25,28-29H,2-15,20-21H2,1H3,(H,27,30). The summed E-state index contributed by atoms with van der Waals surface area (Å²) in [5, 5.41) is 15.9. The molecule has 0 bridgehead atoms. The van der Waals surface area contributed by atoms with Gasteiger partial charge in [0.1, 0.15) is 5.75 Å². The molecule has 1 aromatic carbocycles. The van der Waals surface area contributed by atoms with E-state index in [1.165, 1.54) is 70.6 Å². The number of benzene rings is 1. The van der Waals surface area contributed by atoms with E-state index in [1.807, 2.05) is 12.1 Å². The van der Waals surface area contributed by atoms with E-state index in [2.05, 4.69) is 17.6 Å². The Morgan fingerprint density at radius 2 is 1.43 bits per heavy atom. The molecular weight excluding hydrogens is 372 g/mol. The molecule has 0 aliphatic carbocycles. The number of aromatic hydroxyl groups is 1. The van der Waals surface area contributed by atoms with Crippen molar-refractivity contribution in [2.24, 2.45) is 0 Å². The zero-order valence-electron chi connectivity index (χ0n) is 19.1. The van der Waals surface area contributed by atoms with Crippen molar-refractivity contribution in [3.05, 3.63) is 29.8 Å². The van der Waals surface area contributed by atoms with Crippen LogP contribution in [0.2, 0.25) is 0 Å².